The zero-order chi connectivity index (χ0) is 21.4. The summed E-state index contributed by atoms with van der Waals surface area (Å²) in [5.41, 5.74) is 11.3. The number of fused-ring (bicyclic) bond motifs is 3. The Bertz CT molecular complexity index is 1060. The van der Waals surface area contributed by atoms with Crippen molar-refractivity contribution in [3.8, 4) is 5.75 Å². The average Bonchev–Trinajstić information content (AvgIpc) is 3.20. The van der Waals surface area contributed by atoms with Crippen LogP contribution in [0.2, 0.25) is 0 Å². The largest absolute Gasteiger partial charge is 0.494 e. The second-order valence-electron chi connectivity index (χ2n) is 8.12. The molecule has 31 heavy (non-hydrogen) atoms. The highest BCUT2D eigenvalue weighted by molar-refractivity contribution is 5.61. The lowest BCUT2D eigenvalue weighted by molar-refractivity contribution is 0.337. The minimum absolute atomic E-state index is 0.0465. The first-order valence-electron chi connectivity index (χ1n) is 10.6. The van der Waals surface area contributed by atoms with Gasteiger partial charge in [0.2, 0.25) is 0 Å². The molecule has 2 aliphatic heterocycles. The Morgan fingerprint density at radius 3 is 2.29 bits per heavy atom. The van der Waals surface area contributed by atoms with Gasteiger partial charge in [-0.3, -0.25) is 0 Å². The predicted molar refractivity (Wildman–Crippen MR) is 117 cm³/mol. The van der Waals surface area contributed by atoms with Gasteiger partial charge in [-0.1, -0.05) is 24.3 Å². The van der Waals surface area contributed by atoms with Gasteiger partial charge in [-0.2, -0.15) is 0 Å². The van der Waals surface area contributed by atoms with E-state index < -0.39 is 0 Å². The third kappa shape index (κ3) is 3.89. The first kappa shape index (κ1) is 20.0. The molecule has 0 saturated carbocycles. The van der Waals surface area contributed by atoms with E-state index in [4.69, 9.17) is 4.74 Å². The number of hydrogen-bond acceptors (Lipinski definition) is 4. The van der Waals surface area contributed by atoms with Crippen molar-refractivity contribution in [2.24, 2.45) is 5.92 Å². The first-order chi connectivity index (χ1) is 15.1. The van der Waals surface area contributed by atoms with Crippen LogP contribution in [0.15, 0.2) is 66.7 Å². The molecular weight excluding hydrogens is 396 g/mol. The van der Waals surface area contributed by atoms with Gasteiger partial charge in [-0.15, -0.1) is 0 Å². The predicted octanol–water partition coefficient (Wildman–Crippen LogP) is 4.89. The zero-order valence-corrected chi connectivity index (χ0v) is 17.3. The van der Waals surface area contributed by atoms with Gasteiger partial charge in [0.1, 0.15) is 17.4 Å². The molecule has 0 bridgehead atoms. The maximum atomic E-state index is 13.5. The van der Waals surface area contributed by atoms with Crippen LogP contribution in [0.5, 0.6) is 5.75 Å². The summed E-state index contributed by atoms with van der Waals surface area (Å²) in [7, 11) is 0. The lowest BCUT2D eigenvalue weighted by Gasteiger charge is -2.39. The summed E-state index contributed by atoms with van der Waals surface area (Å²) in [5, 5.41) is 0. The molecule has 2 N–H and O–H groups in total. The molecule has 2 heterocycles. The normalized spacial score (nSPS) is 22.2. The van der Waals surface area contributed by atoms with Gasteiger partial charge >= 0.3 is 0 Å². The van der Waals surface area contributed by atoms with E-state index in [1.807, 2.05) is 37.3 Å². The maximum absolute atomic E-state index is 13.5. The van der Waals surface area contributed by atoms with Crippen molar-refractivity contribution in [3.05, 3.63) is 95.1 Å². The maximum Gasteiger partial charge on any atom is 0.123 e. The van der Waals surface area contributed by atoms with Crippen molar-refractivity contribution in [2.45, 2.75) is 25.6 Å². The highest BCUT2D eigenvalue weighted by Crippen LogP contribution is 2.46. The average molecular weight is 421 g/mol. The summed E-state index contributed by atoms with van der Waals surface area (Å²) in [6, 6.07) is 19.7. The monoisotopic (exact) mass is 421 g/mol. The SMILES string of the molecule is CCOc1ccc2c(c1)C1NNC(c3ccc(F)cc3)C1CN2Cc1ccc(F)cc1. The van der Waals surface area contributed by atoms with Gasteiger partial charge in [0.15, 0.2) is 0 Å². The molecular formula is C25H25F2N3O. The fourth-order valence-electron chi connectivity index (χ4n) is 4.74. The topological polar surface area (TPSA) is 36.5 Å². The van der Waals surface area contributed by atoms with Crippen molar-refractivity contribution in [2.75, 3.05) is 18.1 Å². The molecule has 0 aliphatic carbocycles. The Kier molecular flexibility index (Phi) is 5.34. The summed E-state index contributed by atoms with van der Waals surface area (Å²) in [6.45, 7) is 4.07. The quantitative estimate of drug-likeness (QED) is 0.615. The van der Waals surface area contributed by atoms with Gasteiger partial charge in [-0.25, -0.2) is 19.6 Å². The summed E-state index contributed by atoms with van der Waals surface area (Å²) < 4.78 is 32.6. The Balaban J connectivity index is 1.51. The molecule has 6 heteroatoms. The molecule has 0 spiro atoms. The molecule has 0 radical (unpaired) electrons. The van der Waals surface area contributed by atoms with E-state index in [-0.39, 0.29) is 29.6 Å². The molecule has 160 valence electrons. The van der Waals surface area contributed by atoms with Crippen LogP contribution in [-0.4, -0.2) is 13.2 Å². The highest BCUT2D eigenvalue weighted by atomic mass is 19.1. The van der Waals surface area contributed by atoms with Gasteiger partial charge in [0, 0.05) is 24.7 Å². The molecule has 3 unspecified atom stereocenters. The van der Waals surface area contributed by atoms with Gasteiger partial charge in [-0.05, 0) is 66.1 Å². The number of halogens is 2. The number of nitrogens with one attached hydrogen (secondary N) is 2. The second-order valence-corrected chi connectivity index (χ2v) is 8.12. The molecule has 3 atom stereocenters. The van der Waals surface area contributed by atoms with Crippen LogP contribution in [-0.2, 0) is 6.54 Å². The number of benzene rings is 3. The fraction of sp³-hybridized carbons (Fsp3) is 0.280. The van der Waals surface area contributed by atoms with Gasteiger partial charge < -0.3 is 9.64 Å². The summed E-state index contributed by atoms with van der Waals surface area (Å²) >= 11 is 0. The number of anilines is 1. The lowest BCUT2D eigenvalue weighted by Crippen LogP contribution is -2.39. The van der Waals surface area contributed by atoms with Crippen LogP contribution in [0.25, 0.3) is 0 Å². The Morgan fingerprint density at radius 1 is 0.903 bits per heavy atom. The van der Waals surface area contributed by atoms with E-state index in [0.29, 0.717) is 13.2 Å². The molecule has 3 aromatic carbocycles. The van der Waals surface area contributed by atoms with Crippen molar-refractivity contribution < 1.29 is 13.5 Å². The smallest absolute Gasteiger partial charge is 0.123 e. The minimum atomic E-state index is -0.237. The van der Waals surface area contributed by atoms with Gasteiger partial charge in [0.05, 0.1) is 18.7 Å². The molecule has 1 saturated heterocycles. The number of rotatable bonds is 5. The van der Waals surface area contributed by atoms with Crippen molar-refractivity contribution in [3.63, 3.8) is 0 Å². The highest BCUT2D eigenvalue weighted by Gasteiger charge is 2.43. The standard InChI is InChI=1S/C25H25F2N3O/c1-2-31-20-11-12-23-21(13-20)25-22(15-30(23)14-16-3-7-18(26)8-4-16)24(28-29-25)17-5-9-19(27)10-6-17/h3-13,22,24-25,28-29H,2,14-15H2,1H3. The number of hydrogen-bond donors (Lipinski definition) is 2. The molecule has 0 amide bonds. The van der Waals surface area contributed by atoms with Crippen LogP contribution >= 0.6 is 0 Å². The lowest BCUT2D eigenvalue weighted by atomic mass is 9.82. The van der Waals surface area contributed by atoms with Crippen LogP contribution in [0.4, 0.5) is 14.5 Å². The fourth-order valence-corrected chi connectivity index (χ4v) is 4.74. The van der Waals surface area contributed by atoms with Crippen molar-refractivity contribution in [1.29, 1.82) is 0 Å². The van der Waals surface area contributed by atoms with Crippen LogP contribution in [0.1, 0.15) is 35.7 Å². The van der Waals surface area contributed by atoms with E-state index in [1.165, 1.54) is 29.8 Å². The number of hydrazine groups is 1. The van der Waals surface area contributed by atoms with Crippen LogP contribution in [0, 0.1) is 17.6 Å². The molecule has 2 aliphatic rings. The summed E-state index contributed by atoms with van der Waals surface area (Å²) in [4.78, 5) is 2.34. The Labute approximate surface area is 180 Å². The van der Waals surface area contributed by atoms with Gasteiger partial charge in [0.25, 0.3) is 0 Å². The zero-order valence-electron chi connectivity index (χ0n) is 17.3. The number of nitrogens with zero attached hydrogens (tertiary/aromatic N) is 1. The van der Waals surface area contributed by atoms with E-state index in [0.717, 1.165) is 29.1 Å². The van der Waals surface area contributed by atoms with Crippen molar-refractivity contribution in [1.82, 2.24) is 10.9 Å². The molecule has 0 aromatic heterocycles. The first-order valence-corrected chi connectivity index (χ1v) is 10.6. The summed E-state index contributed by atoms with van der Waals surface area (Å²) in [6.07, 6.45) is 0. The van der Waals surface area contributed by atoms with E-state index in [9.17, 15) is 8.78 Å². The molecule has 3 aromatic rings. The third-order valence-corrected chi connectivity index (χ3v) is 6.18. The third-order valence-electron chi connectivity index (χ3n) is 6.18. The number of ether oxygens (including phenoxy) is 1. The van der Waals surface area contributed by atoms with E-state index >= 15 is 0 Å². The Morgan fingerprint density at radius 2 is 1.58 bits per heavy atom. The minimum Gasteiger partial charge on any atom is -0.494 e. The van der Waals surface area contributed by atoms with E-state index in [1.54, 1.807) is 0 Å². The Hall–Kier alpha value is -2.96. The summed E-state index contributed by atoms with van der Waals surface area (Å²) in [5.74, 6) is 0.607. The van der Waals surface area contributed by atoms with E-state index in [2.05, 4.69) is 27.9 Å². The molecule has 4 nitrogen and oxygen atoms in total. The molecule has 5 rings (SSSR count). The van der Waals surface area contributed by atoms with Crippen molar-refractivity contribution >= 4 is 5.69 Å². The van der Waals surface area contributed by atoms with Crippen LogP contribution < -0.4 is 20.5 Å². The second kappa shape index (κ2) is 8.29. The molecule has 1 fully saturated rings. The van der Waals surface area contributed by atoms with Crippen LogP contribution in [0.3, 0.4) is 0 Å².